The van der Waals surface area contributed by atoms with E-state index in [1.807, 2.05) is 4.90 Å². The van der Waals surface area contributed by atoms with Crippen molar-refractivity contribution in [1.29, 1.82) is 0 Å². The molecule has 1 amide bonds. The topological polar surface area (TPSA) is 58.4 Å². The van der Waals surface area contributed by atoms with E-state index in [1.54, 1.807) is 14.1 Å². The summed E-state index contributed by atoms with van der Waals surface area (Å²) in [6.07, 6.45) is -4.61. The van der Waals surface area contributed by atoms with Crippen molar-refractivity contribution in [3.05, 3.63) is 29.3 Å². The number of carbonyl (C=O) groups is 1. The number of benzene rings is 1. The molecule has 0 saturated carbocycles. The highest BCUT2D eigenvalue weighted by atomic mass is 19.4. The molecule has 0 bridgehead atoms. The SMILES string of the molecule is CN(C)CCNC(=O)c1ccc(N)cc1C(F)(F)F. The van der Waals surface area contributed by atoms with Crippen molar-refractivity contribution in [2.24, 2.45) is 0 Å². The first-order valence-corrected chi connectivity index (χ1v) is 5.61. The van der Waals surface area contributed by atoms with Gasteiger partial charge in [0, 0.05) is 18.8 Å². The number of nitrogens with one attached hydrogen (secondary N) is 1. The number of hydrogen-bond donors (Lipinski definition) is 2. The number of nitrogens with zero attached hydrogens (tertiary/aromatic N) is 1. The van der Waals surface area contributed by atoms with E-state index in [0.717, 1.165) is 12.1 Å². The molecule has 0 unspecified atom stereocenters. The summed E-state index contributed by atoms with van der Waals surface area (Å²) in [4.78, 5) is 13.5. The molecule has 0 atom stereocenters. The summed E-state index contributed by atoms with van der Waals surface area (Å²) < 4.78 is 38.4. The molecule has 1 aromatic rings. The van der Waals surface area contributed by atoms with Crippen molar-refractivity contribution < 1.29 is 18.0 Å². The van der Waals surface area contributed by atoms with Gasteiger partial charge in [0.05, 0.1) is 11.1 Å². The van der Waals surface area contributed by atoms with Crippen LogP contribution in [0.1, 0.15) is 15.9 Å². The highest BCUT2D eigenvalue weighted by Crippen LogP contribution is 2.33. The van der Waals surface area contributed by atoms with Gasteiger partial charge in [-0.25, -0.2) is 0 Å². The van der Waals surface area contributed by atoms with Crippen LogP contribution in [0.2, 0.25) is 0 Å². The van der Waals surface area contributed by atoms with Crippen LogP contribution in [-0.2, 0) is 6.18 Å². The number of halogens is 3. The molecule has 106 valence electrons. The third-order valence-electron chi connectivity index (χ3n) is 2.44. The van der Waals surface area contributed by atoms with E-state index in [1.165, 1.54) is 6.07 Å². The van der Waals surface area contributed by atoms with Gasteiger partial charge in [0.15, 0.2) is 0 Å². The van der Waals surface area contributed by atoms with Gasteiger partial charge in [0.25, 0.3) is 5.91 Å². The molecule has 0 aliphatic rings. The molecule has 0 saturated heterocycles. The zero-order valence-corrected chi connectivity index (χ0v) is 10.7. The minimum atomic E-state index is -4.61. The number of likely N-dealkylation sites (N-methyl/N-ethyl adjacent to an activating group) is 1. The third-order valence-corrected chi connectivity index (χ3v) is 2.44. The normalized spacial score (nSPS) is 11.7. The summed E-state index contributed by atoms with van der Waals surface area (Å²) in [6, 6.07) is 3.13. The lowest BCUT2D eigenvalue weighted by molar-refractivity contribution is -0.137. The van der Waals surface area contributed by atoms with Gasteiger partial charge in [-0.05, 0) is 32.3 Å². The number of hydrogen-bond acceptors (Lipinski definition) is 3. The molecule has 0 heterocycles. The van der Waals surface area contributed by atoms with Crippen LogP contribution in [0.3, 0.4) is 0 Å². The number of alkyl halides is 3. The van der Waals surface area contributed by atoms with E-state index >= 15 is 0 Å². The van der Waals surface area contributed by atoms with Crippen LogP contribution in [0.15, 0.2) is 18.2 Å². The molecule has 0 aliphatic heterocycles. The molecule has 0 spiro atoms. The fourth-order valence-corrected chi connectivity index (χ4v) is 1.48. The lowest BCUT2D eigenvalue weighted by Crippen LogP contribution is -2.32. The fraction of sp³-hybridized carbons (Fsp3) is 0.417. The molecule has 1 rings (SSSR count). The van der Waals surface area contributed by atoms with E-state index in [2.05, 4.69) is 5.32 Å². The van der Waals surface area contributed by atoms with Gasteiger partial charge in [-0.1, -0.05) is 0 Å². The van der Waals surface area contributed by atoms with Gasteiger partial charge >= 0.3 is 6.18 Å². The van der Waals surface area contributed by atoms with Crippen molar-refractivity contribution in [2.45, 2.75) is 6.18 Å². The van der Waals surface area contributed by atoms with E-state index in [-0.39, 0.29) is 12.2 Å². The van der Waals surface area contributed by atoms with E-state index in [4.69, 9.17) is 5.73 Å². The van der Waals surface area contributed by atoms with E-state index in [0.29, 0.717) is 6.54 Å². The number of amides is 1. The molecule has 0 aliphatic carbocycles. The quantitative estimate of drug-likeness (QED) is 0.820. The van der Waals surface area contributed by atoms with Gasteiger partial charge in [0.2, 0.25) is 0 Å². The molecule has 1 aromatic carbocycles. The number of rotatable bonds is 4. The Morgan fingerprint density at radius 1 is 1.37 bits per heavy atom. The summed E-state index contributed by atoms with van der Waals surface area (Å²) in [5.41, 5.74) is 3.86. The second kappa shape index (κ2) is 5.92. The fourth-order valence-electron chi connectivity index (χ4n) is 1.48. The van der Waals surface area contributed by atoms with Crippen LogP contribution < -0.4 is 11.1 Å². The number of nitrogen functional groups attached to an aromatic ring is 1. The Balaban J connectivity index is 2.91. The Bertz CT molecular complexity index is 458. The monoisotopic (exact) mass is 275 g/mol. The second-order valence-corrected chi connectivity index (χ2v) is 4.36. The smallest absolute Gasteiger partial charge is 0.399 e. The summed E-state index contributed by atoms with van der Waals surface area (Å²) in [5, 5.41) is 2.44. The van der Waals surface area contributed by atoms with Crippen LogP contribution >= 0.6 is 0 Å². The average Bonchev–Trinajstić information content (AvgIpc) is 2.27. The Morgan fingerprint density at radius 2 is 2.00 bits per heavy atom. The summed E-state index contributed by atoms with van der Waals surface area (Å²) in [6.45, 7) is 0.815. The Hall–Kier alpha value is -1.76. The van der Waals surface area contributed by atoms with Gasteiger partial charge in [-0.2, -0.15) is 13.2 Å². The molecule has 19 heavy (non-hydrogen) atoms. The van der Waals surface area contributed by atoms with Crippen molar-refractivity contribution >= 4 is 11.6 Å². The van der Waals surface area contributed by atoms with E-state index in [9.17, 15) is 18.0 Å². The number of carbonyl (C=O) groups excluding carboxylic acids is 1. The zero-order valence-electron chi connectivity index (χ0n) is 10.7. The molecular weight excluding hydrogens is 259 g/mol. The summed E-state index contributed by atoms with van der Waals surface area (Å²) in [7, 11) is 3.60. The summed E-state index contributed by atoms with van der Waals surface area (Å²) >= 11 is 0. The Morgan fingerprint density at radius 3 is 2.53 bits per heavy atom. The molecule has 3 N–H and O–H groups in total. The molecule has 0 fully saturated rings. The number of nitrogens with two attached hydrogens (primary N) is 1. The molecule has 7 heteroatoms. The highest BCUT2D eigenvalue weighted by Gasteiger charge is 2.35. The van der Waals surface area contributed by atoms with Gasteiger partial charge < -0.3 is 16.0 Å². The molecule has 4 nitrogen and oxygen atoms in total. The van der Waals surface area contributed by atoms with Crippen LogP contribution in [0.4, 0.5) is 18.9 Å². The lowest BCUT2D eigenvalue weighted by Gasteiger charge is -2.14. The minimum absolute atomic E-state index is 0.0304. The van der Waals surface area contributed by atoms with Crippen molar-refractivity contribution in [3.63, 3.8) is 0 Å². The second-order valence-electron chi connectivity index (χ2n) is 4.36. The molecule has 0 radical (unpaired) electrons. The first kappa shape index (κ1) is 15.3. The first-order valence-electron chi connectivity index (χ1n) is 5.61. The van der Waals surface area contributed by atoms with Crippen LogP contribution in [-0.4, -0.2) is 38.0 Å². The predicted molar refractivity (Wildman–Crippen MR) is 66.7 cm³/mol. The highest BCUT2D eigenvalue weighted by molar-refractivity contribution is 5.96. The van der Waals surface area contributed by atoms with E-state index < -0.39 is 23.2 Å². The maximum Gasteiger partial charge on any atom is 0.417 e. The largest absolute Gasteiger partial charge is 0.417 e. The molecule has 0 aromatic heterocycles. The molecular formula is C12H16F3N3O. The Kier molecular flexibility index (Phi) is 4.77. The van der Waals surface area contributed by atoms with Gasteiger partial charge in [-0.3, -0.25) is 4.79 Å². The third kappa shape index (κ3) is 4.44. The van der Waals surface area contributed by atoms with Crippen molar-refractivity contribution in [2.75, 3.05) is 32.9 Å². The first-order chi connectivity index (χ1) is 8.71. The predicted octanol–water partition coefficient (Wildman–Crippen LogP) is 1.58. The summed E-state index contributed by atoms with van der Waals surface area (Å²) in [5.74, 6) is -0.755. The Labute approximate surface area is 109 Å². The maximum absolute atomic E-state index is 12.8. The minimum Gasteiger partial charge on any atom is -0.399 e. The zero-order chi connectivity index (χ0) is 14.6. The number of anilines is 1. The van der Waals surface area contributed by atoms with Crippen molar-refractivity contribution in [3.8, 4) is 0 Å². The lowest BCUT2D eigenvalue weighted by atomic mass is 10.1. The van der Waals surface area contributed by atoms with Crippen LogP contribution in [0.5, 0.6) is 0 Å². The van der Waals surface area contributed by atoms with Gasteiger partial charge in [-0.15, -0.1) is 0 Å². The maximum atomic E-state index is 12.8. The average molecular weight is 275 g/mol. The van der Waals surface area contributed by atoms with Crippen LogP contribution in [0.25, 0.3) is 0 Å². The van der Waals surface area contributed by atoms with Gasteiger partial charge in [0.1, 0.15) is 0 Å². The standard InChI is InChI=1S/C12H16F3N3O/c1-18(2)6-5-17-11(19)9-4-3-8(16)7-10(9)12(13,14)15/h3-4,7H,5-6,16H2,1-2H3,(H,17,19). The van der Waals surface area contributed by atoms with Crippen molar-refractivity contribution in [1.82, 2.24) is 10.2 Å². The van der Waals surface area contributed by atoms with Crippen LogP contribution in [0, 0.1) is 0 Å².